The van der Waals surface area contributed by atoms with Crippen LogP contribution in [0.1, 0.15) is 16.1 Å². The lowest BCUT2D eigenvalue weighted by molar-refractivity contribution is 0.0895. The number of ether oxygens (including phenoxy) is 1. The lowest BCUT2D eigenvalue weighted by atomic mass is 10.1. The molecular weight excluding hydrogens is 284 g/mol. The van der Waals surface area contributed by atoms with Crippen molar-refractivity contribution in [2.75, 3.05) is 26.7 Å². The van der Waals surface area contributed by atoms with Gasteiger partial charge in [0.25, 0.3) is 5.91 Å². The van der Waals surface area contributed by atoms with Gasteiger partial charge in [0, 0.05) is 43.6 Å². The van der Waals surface area contributed by atoms with Gasteiger partial charge in [-0.15, -0.1) is 0 Å². The van der Waals surface area contributed by atoms with Crippen LogP contribution in [0.25, 0.3) is 11.0 Å². The zero-order valence-corrected chi connectivity index (χ0v) is 12.5. The number of amides is 1. The van der Waals surface area contributed by atoms with Crippen molar-refractivity contribution in [3.05, 3.63) is 35.6 Å². The number of aliphatic hydroxyl groups excluding tert-OH is 1. The Morgan fingerprint density at radius 1 is 1.45 bits per heavy atom. The van der Waals surface area contributed by atoms with Gasteiger partial charge in [-0.2, -0.15) is 0 Å². The van der Waals surface area contributed by atoms with E-state index in [0.29, 0.717) is 31.8 Å². The van der Waals surface area contributed by atoms with Crippen molar-refractivity contribution in [1.29, 1.82) is 0 Å². The van der Waals surface area contributed by atoms with Crippen LogP contribution in [0.4, 0.5) is 0 Å². The number of carbonyl (C=O) groups excluding carboxylic acids is 1. The summed E-state index contributed by atoms with van der Waals surface area (Å²) in [6.07, 6.45) is -0.422. The average Bonchev–Trinajstić information content (AvgIpc) is 3.10. The quantitative estimate of drug-likeness (QED) is 0.764. The molecule has 0 radical (unpaired) electrons. The number of nitrogens with one attached hydrogen (secondary N) is 2. The first-order valence-electron chi connectivity index (χ1n) is 7.37. The van der Waals surface area contributed by atoms with Crippen LogP contribution in [0.2, 0.25) is 0 Å². The Balaban J connectivity index is 1.79. The molecule has 22 heavy (non-hydrogen) atoms. The summed E-state index contributed by atoms with van der Waals surface area (Å²) in [5.41, 5.74) is 1.42. The third-order valence-electron chi connectivity index (χ3n) is 4.02. The summed E-state index contributed by atoms with van der Waals surface area (Å²) in [6, 6.07) is 7.51. The van der Waals surface area contributed by atoms with E-state index in [9.17, 15) is 9.90 Å². The SMILES string of the molecule is COCc1c(C(=O)NCC2CNCC2O)oc2ccccc12. The van der Waals surface area contributed by atoms with E-state index in [2.05, 4.69) is 10.6 Å². The number of furan rings is 1. The topological polar surface area (TPSA) is 83.7 Å². The maximum Gasteiger partial charge on any atom is 0.287 e. The number of para-hydroxylation sites is 1. The molecule has 6 nitrogen and oxygen atoms in total. The molecule has 0 spiro atoms. The fourth-order valence-corrected chi connectivity index (χ4v) is 2.80. The van der Waals surface area contributed by atoms with Gasteiger partial charge in [-0.1, -0.05) is 18.2 Å². The number of benzene rings is 1. The van der Waals surface area contributed by atoms with E-state index in [4.69, 9.17) is 9.15 Å². The first-order valence-corrected chi connectivity index (χ1v) is 7.37. The van der Waals surface area contributed by atoms with Gasteiger partial charge in [0.1, 0.15) is 5.58 Å². The third-order valence-corrected chi connectivity index (χ3v) is 4.02. The second kappa shape index (κ2) is 6.48. The molecule has 0 aliphatic carbocycles. The van der Waals surface area contributed by atoms with Crippen LogP contribution in [0, 0.1) is 5.92 Å². The smallest absolute Gasteiger partial charge is 0.287 e. The van der Waals surface area contributed by atoms with Gasteiger partial charge in [-0.25, -0.2) is 0 Å². The first kappa shape index (κ1) is 15.0. The molecule has 1 aromatic carbocycles. The van der Waals surface area contributed by atoms with Crippen LogP contribution >= 0.6 is 0 Å². The average molecular weight is 304 g/mol. The lowest BCUT2D eigenvalue weighted by Gasteiger charge is -2.13. The fourth-order valence-electron chi connectivity index (χ4n) is 2.80. The number of β-amino-alcohol motifs (C(OH)–C–C–N with tert-alkyl or cyclic N) is 1. The molecule has 2 aromatic rings. The maximum absolute atomic E-state index is 12.4. The highest BCUT2D eigenvalue weighted by Crippen LogP contribution is 2.26. The van der Waals surface area contributed by atoms with Crippen molar-refractivity contribution in [2.24, 2.45) is 5.92 Å². The third kappa shape index (κ3) is 2.85. The summed E-state index contributed by atoms with van der Waals surface area (Å²) in [4.78, 5) is 12.4. The molecule has 1 saturated heterocycles. The fraction of sp³-hybridized carbons (Fsp3) is 0.438. The van der Waals surface area contributed by atoms with Crippen LogP contribution in [-0.4, -0.2) is 43.9 Å². The number of hydrogen-bond donors (Lipinski definition) is 3. The maximum atomic E-state index is 12.4. The van der Waals surface area contributed by atoms with E-state index in [1.807, 2.05) is 24.3 Å². The highest BCUT2D eigenvalue weighted by molar-refractivity contribution is 5.99. The van der Waals surface area contributed by atoms with Crippen LogP contribution < -0.4 is 10.6 Å². The lowest BCUT2D eigenvalue weighted by Crippen LogP contribution is -2.34. The Bertz CT molecular complexity index is 667. The number of rotatable bonds is 5. The number of carbonyl (C=O) groups is 1. The summed E-state index contributed by atoms with van der Waals surface area (Å²) in [6.45, 7) is 2.00. The van der Waals surface area contributed by atoms with E-state index in [1.54, 1.807) is 7.11 Å². The molecule has 118 valence electrons. The molecule has 1 aromatic heterocycles. The van der Waals surface area contributed by atoms with Crippen molar-refractivity contribution < 1.29 is 19.1 Å². The van der Waals surface area contributed by atoms with Crippen LogP contribution in [-0.2, 0) is 11.3 Å². The molecule has 3 N–H and O–H groups in total. The number of methoxy groups -OCH3 is 1. The van der Waals surface area contributed by atoms with E-state index in [0.717, 1.165) is 10.9 Å². The molecule has 1 aliphatic rings. The molecule has 2 atom stereocenters. The summed E-state index contributed by atoms with van der Waals surface area (Å²) < 4.78 is 10.9. The monoisotopic (exact) mass is 304 g/mol. The Kier molecular flexibility index (Phi) is 4.42. The van der Waals surface area contributed by atoms with Gasteiger partial charge in [-0.05, 0) is 6.07 Å². The van der Waals surface area contributed by atoms with Gasteiger partial charge < -0.3 is 24.9 Å². The van der Waals surface area contributed by atoms with Crippen molar-refractivity contribution >= 4 is 16.9 Å². The van der Waals surface area contributed by atoms with Gasteiger partial charge in [0.2, 0.25) is 0 Å². The van der Waals surface area contributed by atoms with Gasteiger partial charge in [0.05, 0.1) is 12.7 Å². The summed E-state index contributed by atoms with van der Waals surface area (Å²) >= 11 is 0. The molecule has 0 bridgehead atoms. The zero-order chi connectivity index (χ0) is 15.5. The zero-order valence-electron chi connectivity index (χ0n) is 12.5. The minimum atomic E-state index is -0.422. The Morgan fingerprint density at radius 3 is 3.00 bits per heavy atom. The molecule has 1 amide bonds. The molecule has 1 aliphatic heterocycles. The van der Waals surface area contributed by atoms with Crippen LogP contribution in [0.3, 0.4) is 0 Å². The molecule has 2 unspecified atom stereocenters. The summed E-state index contributed by atoms with van der Waals surface area (Å²) in [7, 11) is 1.59. The highest BCUT2D eigenvalue weighted by Gasteiger charge is 2.26. The second-order valence-electron chi connectivity index (χ2n) is 5.53. The predicted octanol–water partition coefficient (Wildman–Crippen LogP) is 0.889. The largest absolute Gasteiger partial charge is 0.451 e. The van der Waals surface area contributed by atoms with Crippen molar-refractivity contribution in [2.45, 2.75) is 12.7 Å². The predicted molar refractivity (Wildman–Crippen MR) is 81.6 cm³/mol. The minimum Gasteiger partial charge on any atom is -0.451 e. The van der Waals surface area contributed by atoms with Crippen LogP contribution in [0.15, 0.2) is 28.7 Å². The molecule has 2 heterocycles. The van der Waals surface area contributed by atoms with Gasteiger partial charge in [0.15, 0.2) is 5.76 Å². The van der Waals surface area contributed by atoms with Crippen molar-refractivity contribution in [3.63, 3.8) is 0 Å². The van der Waals surface area contributed by atoms with E-state index in [-0.39, 0.29) is 17.6 Å². The highest BCUT2D eigenvalue weighted by atomic mass is 16.5. The van der Waals surface area contributed by atoms with E-state index < -0.39 is 6.10 Å². The van der Waals surface area contributed by atoms with E-state index >= 15 is 0 Å². The minimum absolute atomic E-state index is 0.0270. The van der Waals surface area contributed by atoms with Gasteiger partial charge >= 0.3 is 0 Å². The molecular formula is C16H20N2O4. The second-order valence-corrected chi connectivity index (χ2v) is 5.53. The van der Waals surface area contributed by atoms with Crippen molar-refractivity contribution in [3.8, 4) is 0 Å². The Hall–Kier alpha value is -1.89. The first-order chi connectivity index (χ1) is 10.7. The van der Waals surface area contributed by atoms with E-state index in [1.165, 1.54) is 0 Å². The van der Waals surface area contributed by atoms with Crippen LogP contribution in [0.5, 0.6) is 0 Å². The number of hydrogen-bond acceptors (Lipinski definition) is 5. The number of fused-ring (bicyclic) bond motifs is 1. The number of aliphatic hydroxyl groups is 1. The molecule has 0 saturated carbocycles. The van der Waals surface area contributed by atoms with Gasteiger partial charge in [-0.3, -0.25) is 4.79 Å². The molecule has 1 fully saturated rings. The molecule has 6 heteroatoms. The normalized spacial score (nSPS) is 21.4. The Labute approximate surface area is 128 Å². The standard InChI is InChI=1S/C16H20N2O4/c1-21-9-12-11-4-2-3-5-14(11)22-15(12)16(20)18-7-10-6-17-8-13(10)19/h2-5,10,13,17,19H,6-9H2,1H3,(H,18,20). The summed E-state index contributed by atoms with van der Waals surface area (Å²) in [5.74, 6) is 0.0325. The molecule has 3 rings (SSSR count). The van der Waals surface area contributed by atoms with Crippen molar-refractivity contribution in [1.82, 2.24) is 10.6 Å². The summed E-state index contributed by atoms with van der Waals surface area (Å²) in [5, 5.41) is 16.6. The Morgan fingerprint density at radius 2 is 2.27 bits per heavy atom.